The summed E-state index contributed by atoms with van der Waals surface area (Å²) in [7, 11) is 1.33. The average Bonchev–Trinajstić information content (AvgIpc) is 2.53. The van der Waals surface area contributed by atoms with Crippen LogP contribution in [0.5, 0.6) is 0 Å². The highest BCUT2D eigenvalue weighted by molar-refractivity contribution is 7.12. The smallest absolute Gasteiger partial charge is 0.348 e. The van der Waals surface area contributed by atoms with Crippen LogP contribution in [0.3, 0.4) is 0 Å². The van der Waals surface area contributed by atoms with Crippen molar-refractivity contribution in [1.29, 1.82) is 0 Å². The summed E-state index contributed by atoms with van der Waals surface area (Å²) in [6.07, 6.45) is 0. The lowest BCUT2D eigenvalue weighted by molar-refractivity contribution is 0.0606. The molecule has 2 aliphatic rings. The Kier molecular flexibility index (Phi) is 3.31. The zero-order chi connectivity index (χ0) is 11.9. The fraction of sp³-hybridized carbons (Fsp3) is 0.100. The molecule has 0 saturated heterocycles. The second kappa shape index (κ2) is 4.41. The second-order valence-electron chi connectivity index (χ2n) is 3.01. The van der Waals surface area contributed by atoms with Crippen LogP contribution in [0.15, 0.2) is 11.4 Å². The molecule has 2 rings (SSSR count). The van der Waals surface area contributed by atoms with Crippen LogP contribution < -0.4 is 0 Å². The van der Waals surface area contributed by atoms with Gasteiger partial charge in [0.15, 0.2) is 0 Å². The summed E-state index contributed by atoms with van der Waals surface area (Å²) in [4.78, 5) is 11.8. The molecule has 0 spiro atoms. The van der Waals surface area contributed by atoms with Gasteiger partial charge in [-0.25, -0.2) is 4.79 Å². The molecule has 1 aliphatic carbocycles. The van der Waals surface area contributed by atoms with E-state index in [1.54, 1.807) is 11.4 Å². The minimum Gasteiger partial charge on any atom is -0.465 e. The summed E-state index contributed by atoms with van der Waals surface area (Å²) in [6, 6.07) is 1.63. The van der Waals surface area contributed by atoms with Gasteiger partial charge in [-0.2, -0.15) is 0 Å². The lowest BCUT2D eigenvalue weighted by atomic mass is 10.2. The van der Waals surface area contributed by atoms with E-state index in [0.717, 1.165) is 5.56 Å². The summed E-state index contributed by atoms with van der Waals surface area (Å²) < 4.78 is 4.62. The quantitative estimate of drug-likeness (QED) is 0.719. The van der Waals surface area contributed by atoms with Crippen molar-refractivity contribution in [2.45, 2.75) is 0 Å². The number of fused-ring (bicyclic) bond motifs is 1. The molecular weight excluding hydrogens is 291 g/mol. The van der Waals surface area contributed by atoms with Crippen LogP contribution in [-0.2, 0) is 4.74 Å². The second-order valence-corrected chi connectivity index (χ2v) is 5.05. The lowest BCUT2D eigenvalue weighted by Crippen LogP contribution is -1.99. The molecule has 0 saturated carbocycles. The molecule has 0 bridgehead atoms. The maximum Gasteiger partial charge on any atom is 0.348 e. The number of esters is 1. The average molecular weight is 296 g/mol. The molecule has 0 aromatic heterocycles. The van der Waals surface area contributed by atoms with Gasteiger partial charge in [-0.15, -0.1) is 11.3 Å². The van der Waals surface area contributed by atoms with Crippen LogP contribution in [0.2, 0.25) is 15.1 Å². The van der Waals surface area contributed by atoms with E-state index in [-0.39, 0.29) is 0 Å². The molecular formula is C10H5Cl3O2S. The van der Waals surface area contributed by atoms with Crippen molar-refractivity contribution in [3.8, 4) is 11.1 Å². The zero-order valence-electron chi connectivity index (χ0n) is 8.01. The molecule has 0 radical (unpaired) electrons. The van der Waals surface area contributed by atoms with Crippen LogP contribution in [-0.4, -0.2) is 13.1 Å². The molecule has 2 nitrogen and oxygen atoms in total. The van der Waals surface area contributed by atoms with E-state index >= 15 is 0 Å². The van der Waals surface area contributed by atoms with Gasteiger partial charge in [0.25, 0.3) is 0 Å². The number of hydrogen-bond donors (Lipinski definition) is 0. The molecule has 0 aromatic carbocycles. The number of hydrogen-bond acceptors (Lipinski definition) is 3. The Hall–Kier alpha value is -0.480. The molecule has 16 heavy (non-hydrogen) atoms. The van der Waals surface area contributed by atoms with Crippen molar-refractivity contribution in [1.82, 2.24) is 0 Å². The Morgan fingerprint density at radius 1 is 1.19 bits per heavy atom. The van der Waals surface area contributed by atoms with Crippen molar-refractivity contribution in [2.75, 3.05) is 7.11 Å². The first kappa shape index (κ1) is 12.0. The SMILES string of the molecule is COC(=O)c1cc2c(Cl)c(Cl)c(Cl)c-2cs1. The summed E-state index contributed by atoms with van der Waals surface area (Å²) in [6.45, 7) is 0. The zero-order valence-corrected chi connectivity index (χ0v) is 11.1. The molecule has 0 atom stereocenters. The largest absolute Gasteiger partial charge is 0.465 e. The number of halogens is 3. The normalized spacial score (nSPS) is 10.8. The Balaban J connectivity index is 2.67. The minimum atomic E-state index is -0.406. The van der Waals surface area contributed by atoms with Gasteiger partial charge in [-0.3, -0.25) is 0 Å². The number of methoxy groups -OCH3 is 1. The van der Waals surface area contributed by atoms with Crippen molar-refractivity contribution in [3.63, 3.8) is 0 Å². The molecule has 84 valence electrons. The highest BCUT2D eigenvalue weighted by atomic mass is 35.5. The molecule has 0 unspecified atom stereocenters. The first-order chi connectivity index (χ1) is 7.56. The van der Waals surface area contributed by atoms with Crippen LogP contribution in [0.1, 0.15) is 9.67 Å². The highest BCUT2D eigenvalue weighted by Gasteiger charge is 2.21. The Labute approximate surface area is 111 Å². The van der Waals surface area contributed by atoms with Gasteiger partial charge in [-0.1, -0.05) is 34.8 Å². The molecule has 6 heteroatoms. The summed E-state index contributed by atoms with van der Waals surface area (Å²) >= 11 is 19.1. The molecule has 0 fully saturated rings. The van der Waals surface area contributed by atoms with Crippen molar-refractivity contribution in [2.24, 2.45) is 0 Å². The van der Waals surface area contributed by atoms with E-state index in [2.05, 4.69) is 4.74 Å². The predicted octanol–water partition coefficient (Wildman–Crippen LogP) is 4.60. The number of rotatable bonds is 1. The fourth-order valence-corrected chi connectivity index (χ4v) is 2.99. The van der Waals surface area contributed by atoms with Crippen LogP contribution >= 0.6 is 46.1 Å². The summed E-state index contributed by atoms with van der Waals surface area (Å²) in [5.41, 5.74) is 1.41. The van der Waals surface area contributed by atoms with Gasteiger partial charge in [-0.05, 0) is 6.07 Å². The Bertz CT molecular complexity index is 536. The van der Waals surface area contributed by atoms with Crippen LogP contribution in [0.25, 0.3) is 11.1 Å². The highest BCUT2D eigenvalue weighted by Crippen LogP contribution is 2.47. The third kappa shape index (κ3) is 1.78. The molecule has 0 N–H and O–H groups in total. The minimum absolute atomic E-state index is 0.313. The van der Waals surface area contributed by atoms with E-state index in [9.17, 15) is 4.79 Å². The molecule has 1 heterocycles. The topological polar surface area (TPSA) is 26.3 Å². The molecule has 0 aromatic rings. The maximum atomic E-state index is 11.3. The van der Waals surface area contributed by atoms with Crippen LogP contribution in [0, 0.1) is 0 Å². The summed E-state index contributed by atoms with van der Waals surface area (Å²) in [5, 5.41) is 2.82. The number of carbonyl (C=O) groups excluding carboxylic acids is 1. The van der Waals surface area contributed by atoms with Crippen molar-refractivity contribution < 1.29 is 9.53 Å². The molecule has 0 amide bonds. The summed E-state index contributed by atoms with van der Waals surface area (Å²) in [5.74, 6) is -0.406. The standard InChI is InChI=1S/C10H5Cl3O2S/c1-15-10(14)6-2-4-5(3-16-6)8(12)9(13)7(4)11/h2-3H,1H3. The van der Waals surface area contributed by atoms with E-state index in [1.165, 1.54) is 18.4 Å². The Morgan fingerprint density at radius 2 is 1.81 bits per heavy atom. The van der Waals surface area contributed by atoms with E-state index in [1.807, 2.05) is 0 Å². The van der Waals surface area contributed by atoms with Gasteiger partial charge in [0.1, 0.15) is 4.88 Å². The third-order valence-corrected chi connectivity index (χ3v) is 4.36. The van der Waals surface area contributed by atoms with Gasteiger partial charge < -0.3 is 4.74 Å². The van der Waals surface area contributed by atoms with Gasteiger partial charge in [0.05, 0.1) is 22.2 Å². The Morgan fingerprint density at radius 3 is 2.44 bits per heavy atom. The number of ether oxygens (including phenoxy) is 1. The first-order valence-electron chi connectivity index (χ1n) is 4.19. The van der Waals surface area contributed by atoms with Gasteiger partial charge in [0, 0.05) is 16.5 Å². The third-order valence-electron chi connectivity index (χ3n) is 2.11. The van der Waals surface area contributed by atoms with Gasteiger partial charge >= 0.3 is 5.97 Å². The van der Waals surface area contributed by atoms with E-state index < -0.39 is 5.97 Å². The fourth-order valence-electron chi connectivity index (χ4n) is 1.32. The van der Waals surface area contributed by atoms with Gasteiger partial charge in [0.2, 0.25) is 0 Å². The monoisotopic (exact) mass is 294 g/mol. The van der Waals surface area contributed by atoms with Crippen molar-refractivity contribution >= 4 is 52.1 Å². The predicted molar refractivity (Wildman–Crippen MR) is 67.3 cm³/mol. The first-order valence-corrected chi connectivity index (χ1v) is 6.20. The van der Waals surface area contributed by atoms with Crippen LogP contribution in [0.4, 0.5) is 0 Å². The van der Waals surface area contributed by atoms with E-state index in [4.69, 9.17) is 34.8 Å². The number of carbonyl (C=O) groups is 1. The lowest BCUT2D eigenvalue weighted by Gasteiger charge is -2.02. The molecule has 1 aliphatic heterocycles. The van der Waals surface area contributed by atoms with E-state index in [0.29, 0.717) is 25.5 Å². The maximum absolute atomic E-state index is 11.3. The van der Waals surface area contributed by atoms with Crippen molar-refractivity contribution in [3.05, 3.63) is 31.4 Å².